The molecule has 22 heavy (non-hydrogen) atoms. The van der Waals surface area contributed by atoms with Gasteiger partial charge < -0.3 is 15.4 Å². The first-order valence-corrected chi connectivity index (χ1v) is 8.51. The smallest absolute Gasteiger partial charge is 0.261 e. The van der Waals surface area contributed by atoms with Crippen molar-refractivity contribution in [2.45, 2.75) is 63.3 Å². The molecule has 3 rings (SSSR count). The van der Waals surface area contributed by atoms with Crippen LogP contribution in [-0.2, 0) is 4.79 Å². The number of rotatable bonds is 5. The van der Waals surface area contributed by atoms with Crippen LogP contribution in [0, 0.1) is 0 Å². The van der Waals surface area contributed by atoms with E-state index in [1.165, 1.54) is 12.8 Å². The predicted molar refractivity (Wildman–Crippen MR) is 87.3 cm³/mol. The van der Waals surface area contributed by atoms with E-state index < -0.39 is 6.10 Å². The number of nitrogens with one attached hydrogen (secondary N) is 2. The van der Waals surface area contributed by atoms with Crippen molar-refractivity contribution in [1.29, 1.82) is 0 Å². The number of fused-ring (bicyclic) bond motifs is 2. The number of halogens is 1. The number of para-hydroxylation sites is 1. The van der Waals surface area contributed by atoms with E-state index in [1.54, 1.807) is 12.1 Å². The molecular weight excluding hydrogens is 300 g/mol. The summed E-state index contributed by atoms with van der Waals surface area (Å²) in [5.41, 5.74) is 0. The van der Waals surface area contributed by atoms with Crippen molar-refractivity contribution in [3.05, 3.63) is 29.3 Å². The third-order valence-corrected chi connectivity index (χ3v) is 4.90. The number of hydrogen-bond donors (Lipinski definition) is 2. The Morgan fingerprint density at radius 2 is 2.05 bits per heavy atom. The van der Waals surface area contributed by atoms with Gasteiger partial charge in [-0.25, -0.2) is 0 Å². The molecule has 2 bridgehead atoms. The Balaban J connectivity index is 1.58. The van der Waals surface area contributed by atoms with E-state index in [-0.39, 0.29) is 11.9 Å². The minimum Gasteiger partial charge on any atom is -0.479 e. The number of carbonyl (C=O) groups excluding carboxylic acids is 1. The zero-order valence-corrected chi connectivity index (χ0v) is 13.6. The fraction of sp³-hybridized carbons (Fsp3) is 0.588. The molecule has 2 aliphatic heterocycles. The molecule has 2 fully saturated rings. The van der Waals surface area contributed by atoms with Gasteiger partial charge in [0.15, 0.2) is 6.10 Å². The van der Waals surface area contributed by atoms with Crippen LogP contribution >= 0.6 is 11.6 Å². The summed E-state index contributed by atoms with van der Waals surface area (Å²) in [6.07, 6.45) is 4.62. The average molecular weight is 323 g/mol. The van der Waals surface area contributed by atoms with Crippen LogP contribution in [0.25, 0.3) is 0 Å². The van der Waals surface area contributed by atoms with Crippen molar-refractivity contribution in [1.82, 2.24) is 10.6 Å². The molecule has 0 saturated carbocycles. The van der Waals surface area contributed by atoms with Gasteiger partial charge in [-0.3, -0.25) is 4.79 Å². The highest BCUT2D eigenvalue weighted by molar-refractivity contribution is 6.32. The minimum atomic E-state index is -0.493. The van der Waals surface area contributed by atoms with Gasteiger partial charge in [-0.05, 0) is 44.2 Å². The highest BCUT2D eigenvalue weighted by atomic mass is 35.5. The Morgan fingerprint density at radius 3 is 2.68 bits per heavy atom. The maximum absolute atomic E-state index is 12.5. The molecule has 120 valence electrons. The van der Waals surface area contributed by atoms with Crippen LogP contribution in [0.1, 0.15) is 39.0 Å². The highest BCUT2D eigenvalue weighted by Gasteiger charge is 2.35. The molecule has 4 nitrogen and oxygen atoms in total. The van der Waals surface area contributed by atoms with Crippen LogP contribution in [0.4, 0.5) is 0 Å². The first-order valence-electron chi connectivity index (χ1n) is 8.13. The van der Waals surface area contributed by atoms with Gasteiger partial charge in [0.1, 0.15) is 5.75 Å². The molecule has 0 aliphatic carbocycles. The zero-order valence-electron chi connectivity index (χ0n) is 12.8. The van der Waals surface area contributed by atoms with Crippen molar-refractivity contribution in [3.8, 4) is 5.75 Å². The number of piperidine rings is 1. The molecule has 5 heteroatoms. The molecule has 0 radical (unpaired) electrons. The Morgan fingerprint density at radius 1 is 1.36 bits per heavy atom. The summed E-state index contributed by atoms with van der Waals surface area (Å²) in [6.45, 7) is 1.95. The molecule has 1 aromatic carbocycles. The molecule has 0 spiro atoms. The van der Waals surface area contributed by atoms with Crippen molar-refractivity contribution in [2.24, 2.45) is 0 Å². The van der Waals surface area contributed by atoms with Crippen LogP contribution in [0.5, 0.6) is 5.75 Å². The van der Waals surface area contributed by atoms with E-state index in [0.717, 1.165) is 12.8 Å². The maximum Gasteiger partial charge on any atom is 0.261 e. The second-order valence-corrected chi connectivity index (χ2v) is 6.67. The Labute approximate surface area is 136 Å². The van der Waals surface area contributed by atoms with E-state index in [1.807, 2.05) is 19.1 Å². The molecule has 1 amide bonds. The van der Waals surface area contributed by atoms with E-state index in [0.29, 0.717) is 29.3 Å². The van der Waals surface area contributed by atoms with Crippen molar-refractivity contribution >= 4 is 17.5 Å². The van der Waals surface area contributed by atoms with Gasteiger partial charge in [0, 0.05) is 18.1 Å². The summed E-state index contributed by atoms with van der Waals surface area (Å²) >= 11 is 6.10. The van der Waals surface area contributed by atoms with Crippen molar-refractivity contribution in [3.63, 3.8) is 0 Å². The fourth-order valence-electron chi connectivity index (χ4n) is 3.49. The normalized spacial score (nSPS) is 28.2. The third kappa shape index (κ3) is 3.55. The molecular formula is C17H23ClN2O2. The van der Waals surface area contributed by atoms with Crippen LogP contribution in [-0.4, -0.2) is 30.1 Å². The minimum absolute atomic E-state index is 0.0336. The van der Waals surface area contributed by atoms with Gasteiger partial charge >= 0.3 is 0 Å². The van der Waals surface area contributed by atoms with Gasteiger partial charge in [0.2, 0.25) is 0 Å². The first kappa shape index (κ1) is 15.6. The highest BCUT2D eigenvalue weighted by Crippen LogP contribution is 2.27. The fourth-order valence-corrected chi connectivity index (χ4v) is 3.67. The number of amides is 1. The molecule has 0 aromatic heterocycles. The molecule has 2 saturated heterocycles. The third-order valence-electron chi connectivity index (χ3n) is 4.59. The lowest BCUT2D eigenvalue weighted by molar-refractivity contribution is -0.129. The molecule has 3 unspecified atom stereocenters. The molecule has 2 N–H and O–H groups in total. The summed E-state index contributed by atoms with van der Waals surface area (Å²) in [5.74, 6) is 0.533. The summed E-state index contributed by atoms with van der Waals surface area (Å²) in [5, 5.41) is 7.28. The Hall–Kier alpha value is -1.26. The SMILES string of the molecule is CCC(Oc1ccccc1Cl)C(=O)NC1CC2CCC(C1)N2. The lowest BCUT2D eigenvalue weighted by atomic mass is 9.99. The lowest BCUT2D eigenvalue weighted by Crippen LogP contribution is -2.51. The Kier molecular flexibility index (Phi) is 4.89. The zero-order chi connectivity index (χ0) is 15.5. The average Bonchev–Trinajstić information content (AvgIpc) is 2.85. The van der Waals surface area contributed by atoms with Crippen LogP contribution in [0.3, 0.4) is 0 Å². The van der Waals surface area contributed by atoms with Gasteiger partial charge in [0.05, 0.1) is 5.02 Å². The van der Waals surface area contributed by atoms with Crippen molar-refractivity contribution < 1.29 is 9.53 Å². The van der Waals surface area contributed by atoms with E-state index in [9.17, 15) is 4.79 Å². The van der Waals surface area contributed by atoms with E-state index in [2.05, 4.69) is 10.6 Å². The van der Waals surface area contributed by atoms with Gasteiger partial charge in [-0.2, -0.15) is 0 Å². The van der Waals surface area contributed by atoms with E-state index >= 15 is 0 Å². The Bertz CT molecular complexity index is 525. The number of hydrogen-bond acceptors (Lipinski definition) is 3. The summed E-state index contributed by atoms with van der Waals surface area (Å²) in [4.78, 5) is 12.5. The lowest BCUT2D eigenvalue weighted by Gasteiger charge is -2.30. The van der Waals surface area contributed by atoms with E-state index in [4.69, 9.17) is 16.3 Å². The monoisotopic (exact) mass is 322 g/mol. The van der Waals surface area contributed by atoms with Gasteiger partial charge in [0.25, 0.3) is 5.91 Å². The van der Waals surface area contributed by atoms with Crippen LogP contribution < -0.4 is 15.4 Å². The largest absolute Gasteiger partial charge is 0.479 e. The number of benzene rings is 1. The topological polar surface area (TPSA) is 50.4 Å². The second-order valence-electron chi connectivity index (χ2n) is 6.26. The maximum atomic E-state index is 12.5. The van der Waals surface area contributed by atoms with Crippen molar-refractivity contribution in [2.75, 3.05) is 0 Å². The summed E-state index contributed by atoms with van der Waals surface area (Å²) in [6, 6.07) is 8.66. The first-order chi connectivity index (χ1) is 10.7. The van der Waals surface area contributed by atoms with Gasteiger partial charge in [-0.1, -0.05) is 30.7 Å². The van der Waals surface area contributed by atoms with Gasteiger partial charge in [-0.15, -0.1) is 0 Å². The summed E-state index contributed by atoms with van der Waals surface area (Å²) in [7, 11) is 0. The van der Waals surface area contributed by atoms with Crippen LogP contribution in [0.15, 0.2) is 24.3 Å². The quantitative estimate of drug-likeness (QED) is 0.876. The molecule has 3 atom stereocenters. The predicted octanol–water partition coefficient (Wildman–Crippen LogP) is 2.90. The second kappa shape index (κ2) is 6.88. The standard InChI is InChI=1S/C17H23ClN2O2/c1-2-15(22-16-6-4-3-5-14(16)18)17(21)20-13-9-11-7-8-12(10-13)19-11/h3-6,11-13,15,19H,2,7-10H2,1H3,(H,20,21). The number of ether oxygens (including phenoxy) is 1. The molecule has 1 aromatic rings. The summed E-state index contributed by atoms with van der Waals surface area (Å²) < 4.78 is 5.81. The molecule has 2 heterocycles. The number of carbonyl (C=O) groups is 1. The van der Waals surface area contributed by atoms with Crippen LogP contribution in [0.2, 0.25) is 5.02 Å². The molecule has 2 aliphatic rings.